The van der Waals surface area contributed by atoms with E-state index in [1.54, 1.807) is 0 Å². The lowest BCUT2D eigenvalue weighted by molar-refractivity contribution is -0.946. The van der Waals surface area contributed by atoms with Crippen molar-refractivity contribution < 1.29 is 31.3 Å². The Bertz CT molecular complexity index is 1550. The van der Waals surface area contributed by atoms with Crippen LogP contribution in [-0.2, 0) is 5.60 Å². The summed E-state index contributed by atoms with van der Waals surface area (Å²) in [5.41, 5.74) is 0.825. The molecule has 0 atom stereocenters. The van der Waals surface area contributed by atoms with Gasteiger partial charge in [-0.25, -0.2) is 0 Å². The number of aliphatic hydroxyl groups is 1. The highest BCUT2D eigenvalue weighted by atomic mass is 79.9. The Labute approximate surface area is 253 Å². The Kier molecular flexibility index (Phi) is 7.67. The Morgan fingerprint density at radius 3 is 1.66 bits per heavy atom. The molecule has 41 heavy (non-hydrogen) atoms. The van der Waals surface area contributed by atoms with Gasteiger partial charge >= 0.3 is 0 Å². The third-order valence-corrected chi connectivity index (χ3v) is 10.1. The van der Waals surface area contributed by atoms with Gasteiger partial charge in [-0.3, -0.25) is 0 Å². The first kappa shape index (κ1) is 28.0. The maximum atomic E-state index is 13.2. The van der Waals surface area contributed by atoms with Crippen molar-refractivity contribution in [1.29, 1.82) is 0 Å². The molecule has 0 aliphatic carbocycles. The third kappa shape index (κ3) is 4.97. The second-order valence-electron chi connectivity index (χ2n) is 12.1. The molecule has 0 amide bonds. The van der Waals surface area contributed by atoms with Crippen LogP contribution in [0, 0.1) is 5.41 Å². The minimum absolute atomic E-state index is 0. The average molecular weight is 609 g/mol. The van der Waals surface area contributed by atoms with Gasteiger partial charge in [-0.1, -0.05) is 91.0 Å². The average Bonchev–Trinajstić information content (AvgIpc) is 3.03. The second kappa shape index (κ2) is 11.2. The van der Waals surface area contributed by atoms with Crippen molar-refractivity contribution >= 4 is 21.5 Å². The minimum atomic E-state index is -1.05. The number of halogens is 1. The highest BCUT2D eigenvalue weighted by Gasteiger charge is 2.60. The molecule has 0 saturated carbocycles. The summed E-state index contributed by atoms with van der Waals surface area (Å²) in [5, 5.41) is 18.0. The van der Waals surface area contributed by atoms with E-state index in [1.807, 2.05) is 30.3 Å². The van der Waals surface area contributed by atoms with Gasteiger partial charge in [0.15, 0.2) is 0 Å². The highest BCUT2D eigenvalue weighted by Crippen LogP contribution is 2.58. The molecule has 3 saturated heterocycles. The fourth-order valence-electron chi connectivity index (χ4n) is 7.66. The monoisotopic (exact) mass is 607 g/mol. The molecule has 4 heteroatoms. The van der Waals surface area contributed by atoms with Crippen LogP contribution in [0.25, 0.3) is 21.5 Å². The Balaban J connectivity index is 0.00000302. The summed E-state index contributed by atoms with van der Waals surface area (Å²) in [5.74, 6) is 0.953. The molecule has 0 spiro atoms. The molecule has 3 fully saturated rings. The lowest BCUT2D eigenvalue weighted by Gasteiger charge is -2.60. The van der Waals surface area contributed by atoms with Gasteiger partial charge in [0.05, 0.1) is 32.8 Å². The number of hydrogen-bond donors (Lipinski definition) is 1. The first-order chi connectivity index (χ1) is 19.6. The molecular formula is C37H38BrNO2. The normalized spacial score (nSPS) is 22.0. The van der Waals surface area contributed by atoms with Crippen molar-refractivity contribution in [2.75, 3.05) is 32.8 Å². The number of hydrogen-bond acceptors (Lipinski definition) is 2. The van der Waals surface area contributed by atoms with E-state index in [0.717, 1.165) is 79.8 Å². The number of benzene rings is 5. The zero-order valence-corrected chi connectivity index (χ0v) is 25.1. The number of rotatable bonds is 8. The van der Waals surface area contributed by atoms with Crippen LogP contribution in [0.5, 0.6) is 5.75 Å². The van der Waals surface area contributed by atoms with Gasteiger partial charge in [-0.2, -0.15) is 0 Å². The van der Waals surface area contributed by atoms with Gasteiger partial charge in [-0.05, 0) is 56.9 Å². The van der Waals surface area contributed by atoms with Crippen molar-refractivity contribution in [3.8, 4) is 5.75 Å². The Morgan fingerprint density at radius 1 is 0.634 bits per heavy atom. The van der Waals surface area contributed by atoms with E-state index in [9.17, 15) is 5.11 Å². The lowest BCUT2D eigenvalue weighted by atomic mass is 9.56. The number of ether oxygens (including phenoxy) is 1. The molecule has 210 valence electrons. The SMILES string of the molecule is OC(c1ccc2ccccc2c1)(c1ccc2ccccc2c1)C12CC[N+](CCCOc3ccccc3)(CC1)CC2.[Br-]. The lowest BCUT2D eigenvalue weighted by Crippen LogP contribution is -3.00. The number of fused-ring (bicyclic) bond motifs is 5. The van der Waals surface area contributed by atoms with Crippen LogP contribution < -0.4 is 21.7 Å². The standard InChI is InChI=1S/C37H38NO2.BrH/c39-37(33-17-15-29-9-4-6-11-31(29)27-33,34-18-16-30-10-5-7-12-32(30)28-34)36-19-23-38(24-20-36,25-21-36)22-8-26-40-35-13-2-1-3-14-35;/h1-7,9-18,27-28,39H,8,19-26H2;1H/q+1;/p-1. The minimum Gasteiger partial charge on any atom is -1.00 e. The summed E-state index contributed by atoms with van der Waals surface area (Å²) < 4.78 is 7.17. The van der Waals surface area contributed by atoms with E-state index in [4.69, 9.17) is 4.74 Å². The summed E-state index contributed by atoms with van der Waals surface area (Å²) >= 11 is 0. The highest BCUT2D eigenvalue weighted by molar-refractivity contribution is 5.85. The molecule has 2 bridgehead atoms. The van der Waals surface area contributed by atoms with Crippen LogP contribution >= 0.6 is 0 Å². The second-order valence-corrected chi connectivity index (χ2v) is 12.1. The topological polar surface area (TPSA) is 29.5 Å². The zero-order chi connectivity index (χ0) is 27.0. The molecule has 0 aromatic heterocycles. The van der Waals surface area contributed by atoms with Gasteiger partial charge in [0.1, 0.15) is 11.4 Å². The molecule has 3 nitrogen and oxygen atoms in total. The molecule has 1 N–H and O–H groups in total. The van der Waals surface area contributed by atoms with E-state index < -0.39 is 5.60 Å². The van der Waals surface area contributed by atoms with E-state index in [-0.39, 0.29) is 22.4 Å². The molecule has 3 heterocycles. The maximum absolute atomic E-state index is 13.2. The molecule has 0 radical (unpaired) electrons. The van der Waals surface area contributed by atoms with Gasteiger partial charge in [0.25, 0.3) is 0 Å². The van der Waals surface area contributed by atoms with E-state index in [1.165, 1.54) is 21.5 Å². The molecule has 8 rings (SSSR count). The predicted octanol–water partition coefficient (Wildman–Crippen LogP) is 4.70. The number of nitrogens with zero attached hydrogens (tertiary/aromatic N) is 1. The summed E-state index contributed by atoms with van der Waals surface area (Å²) in [7, 11) is 0. The van der Waals surface area contributed by atoms with Crippen LogP contribution in [0.3, 0.4) is 0 Å². The quantitative estimate of drug-likeness (QED) is 0.205. The molecule has 3 aliphatic heterocycles. The first-order valence-corrected chi connectivity index (χ1v) is 14.8. The first-order valence-electron chi connectivity index (χ1n) is 14.8. The smallest absolute Gasteiger partial charge is 0.121 e. The van der Waals surface area contributed by atoms with Gasteiger partial charge in [0.2, 0.25) is 0 Å². The Hall–Kier alpha value is -3.18. The fraction of sp³-hybridized carbons (Fsp3) is 0.297. The van der Waals surface area contributed by atoms with Crippen molar-refractivity contribution in [2.24, 2.45) is 5.41 Å². The van der Waals surface area contributed by atoms with Crippen molar-refractivity contribution in [3.05, 3.63) is 126 Å². The Morgan fingerprint density at radius 2 is 1.12 bits per heavy atom. The van der Waals surface area contributed by atoms with E-state index in [0.29, 0.717) is 0 Å². The summed E-state index contributed by atoms with van der Waals surface area (Å²) in [4.78, 5) is 0. The zero-order valence-electron chi connectivity index (χ0n) is 23.5. The van der Waals surface area contributed by atoms with E-state index >= 15 is 0 Å². The number of quaternary nitrogens is 1. The van der Waals surface area contributed by atoms with Crippen LogP contribution in [0.2, 0.25) is 0 Å². The predicted molar refractivity (Wildman–Crippen MR) is 163 cm³/mol. The van der Waals surface area contributed by atoms with Crippen LogP contribution in [-0.4, -0.2) is 42.4 Å². The van der Waals surface area contributed by atoms with Gasteiger partial charge < -0.3 is 31.3 Å². The molecular weight excluding hydrogens is 570 g/mol. The maximum Gasteiger partial charge on any atom is 0.121 e. The molecule has 0 unspecified atom stereocenters. The molecule has 5 aromatic carbocycles. The van der Waals surface area contributed by atoms with Crippen LogP contribution in [0.1, 0.15) is 36.8 Å². The third-order valence-electron chi connectivity index (χ3n) is 10.1. The summed E-state index contributed by atoms with van der Waals surface area (Å²) in [6.45, 7) is 5.26. The molecule has 3 aliphatic rings. The van der Waals surface area contributed by atoms with Gasteiger partial charge in [-0.15, -0.1) is 0 Å². The summed E-state index contributed by atoms with van der Waals surface area (Å²) in [6.07, 6.45) is 4.15. The molecule has 5 aromatic rings. The summed E-state index contributed by atoms with van der Waals surface area (Å²) in [6, 6.07) is 40.3. The largest absolute Gasteiger partial charge is 1.00 e. The van der Waals surface area contributed by atoms with Crippen molar-refractivity contribution in [2.45, 2.75) is 31.3 Å². The number of para-hydroxylation sites is 1. The van der Waals surface area contributed by atoms with Gasteiger partial charge in [0, 0.05) is 31.1 Å². The van der Waals surface area contributed by atoms with Crippen LogP contribution in [0.15, 0.2) is 115 Å². The van der Waals surface area contributed by atoms with E-state index in [2.05, 4.69) is 84.9 Å². The van der Waals surface area contributed by atoms with Crippen molar-refractivity contribution in [3.63, 3.8) is 0 Å². The van der Waals surface area contributed by atoms with Crippen LogP contribution in [0.4, 0.5) is 0 Å². The van der Waals surface area contributed by atoms with Crippen molar-refractivity contribution in [1.82, 2.24) is 0 Å². The fourth-order valence-corrected chi connectivity index (χ4v) is 7.66. The number of piperidine rings is 3.